The van der Waals surface area contributed by atoms with E-state index >= 15 is 0 Å². The molecule has 0 saturated carbocycles. The second kappa shape index (κ2) is 10.4. The van der Waals surface area contributed by atoms with Gasteiger partial charge in [0.05, 0.1) is 22.6 Å². The van der Waals surface area contributed by atoms with Crippen molar-refractivity contribution in [2.45, 2.75) is 13.5 Å². The molecule has 0 unspecified atom stereocenters. The van der Waals surface area contributed by atoms with E-state index in [0.717, 1.165) is 24.0 Å². The molecule has 0 radical (unpaired) electrons. The van der Waals surface area contributed by atoms with Gasteiger partial charge in [0.25, 0.3) is 5.69 Å². The predicted molar refractivity (Wildman–Crippen MR) is 146 cm³/mol. The monoisotopic (exact) mass is 700 g/mol. The molecule has 0 amide bonds. The second-order valence-electron chi connectivity index (χ2n) is 7.35. The van der Waals surface area contributed by atoms with Gasteiger partial charge in [0.2, 0.25) is 5.90 Å². The highest BCUT2D eigenvalue weighted by Crippen LogP contribution is 2.32. The Hall–Kier alpha value is -2.51. The Morgan fingerprint density at radius 2 is 1.79 bits per heavy atom. The van der Waals surface area contributed by atoms with E-state index in [9.17, 15) is 14.9 Å². The first kappa shape index (κ1) is 24.6. The summed E-state index contributed by atoms with van der Waals surface area (Å²) in [7, 11) is 0. The lowest BCUT2D eigenvalue weighted by molar-refractivity contribution is -0.384. The Morgan fingerprint density at radius 3 is 2.41 bits per heavy atom. The SMILES string of the molecule is Cc1ccc(COc2c(I)cc(/C=C3\N=C(c4ccc([N+](=O)[O-])cc4Cl)OC3=O)cc2I)cc1. The second-order valence-corrected chi connectivity index (χ2v) is 10.1. The maximum atomic E-state index is 12.4. The van der Waals surface area contributed by atoms with E-state index < -0.39 is 10.9 Å². The van der Waals surface area contributed by atoms with Crippen LogP contribution in [0, 0.1) is 24.2 Å². The fraction of sp³-hybridized carbons (Fsp3) is 0.0833. The quantitative estimate of drug-likeness (QED) is 0.0941. The molecular formula is C24H15ClI2N2O5. The minimum Gasteiger partial charge on any atom is -0.487 e. The van der Waals surface area contributed by atoms with Crippen LogP contribution < -0.4 is 4.74 Å². The maximum absolute atomic E-state index is 12.4. The van der Waals surface area contributed by atoms with Crippen molar-refractivity contribution in [3.63, 3.8) is 0 Å². The normalized spacial score (nSPS) is 14.2. The lowest BCUT2D eigenvalue weighted by Gasteiger charge is -2.12. The number of ether oxygens (including phenoxy) is 2. The molecule has 1 aliphatic rings. The molecule has 4 rings (SSSR count). The van der Waals surface area contributed by atoms with Crippen LogP contribution in [-0.2, 0) is 16.1 Å². The van der Waals surface area contributed by atoms with Crippen LogP contribution in [0.25, 0.3) is 6.08 Å². The summed E-state index contributed by atoms with van der Waals surface area (Å²) in [5.74, 6) is 0.132. The number of nitro groups is 1. The third-order valence-electron chi connectivity index (χ3n) is 4.84. The van der Waals surface area contributed by atoms with Crippen LogP contribution >= 0.6 is 56.8 Å². The summed E-state index contributed by atoms with van der Waals surface area (Å²) >= 11 is 10.5. The van der Waals surface area contributed by atoms with E-state index in [1.807, 2.05) is 43.3 Å². The number of carbonyl (C=O) groups excluding carboxylic acids is 1. The number of nitrogens with zero attached hydrogens (tertiary/aromatic N) is 2. The lowest BCUT2D eigenvalue weighted by atomic mass is 10.1. The van der Waals surface area contributed by atoms with Crippen LogP contribution in [0.5, 0.6) is 5.75 Å². The number of hydrogen-bond acceptors (Lipinski definition) is 6. The molecule has 7 nitrogen and oxygen atoms in total. The molecule has 0 aromatic heterocycles. The molecular weight excluding hydrogens is 686 g/mol. The minimum absolute atomic E-state index is 0.00130. The summed E-state index contributed by atoms with van der Waals surface area (Å²) in [6.07, 6.45) is 1.61. The number of halogens is 3. The van der Waals surface area contributed by atoms with Gasteiger partial charge in [-0.25, -0.2) is 9.79 Å². The average molecular weight is 701 g/mol. The Balaban J connectivity index is 1.56. The van der Waals surface area contributed by atoms with Gasteiger partial charge in [-0.3, -0.25) is 10.1 Å². The topological polar surface area (TPSA) is 91.0 Å². The number of aryl methyl sites for hydroxylation is 1. The molecule has 0 bridgehead atoms. The minimum atomic E-state index is -0.630. The third-order valence-corrected chi connectivity index (χ3v) is 6.76. The van der Waals surface area contributed by atoms with Gasteiger partial charge in [-0.15, -0.1) is 0 Å². The summed E-state index contributed by atoms with van der Waals surface area (Å²) in [5, 5.41) is 11.0. The number of esters is 1. The number of non-ortho nitro benzene ring substituents is 1. The van der Waals surface area contributed by atoms with Crippen LogP contribution in [0.3, 0.4) is 0 Å². The summed E-state index contributed by atoms with van der Waals surface area (Å²) in [5.41, 5.74) is 3.25. The van der Waals surface area contributed by atoms with Crippen molar-refractivity contribution in [3.05, 3.63) is 105 Å². The third kappa shape index (κ3) is 5.58. The Morgan fingerprint density at radius 1 is 1.12 bits per heavy atom. The molecule has 34 heavy (non-hydrogen) atoms. The van der Waals surface area contributed by atoms with Crippen LogP contribution in [-0.4, -0.2) is 16.8 Å². The van der Waals surface area contributed by atoms with Gasteiger partial charge in [-0.05, 0) is 87.5 Å². The fourth-order valence-corrected chi connectivity index (χ4v) is 5.50. The lowest BCUT2D eigenvalue weighted by Crippen LogP contribution is -2.06. The highest BCUT2D eigenvalue weighted by molar-refractivity contribution is 14.1. The van der Waals surface area contributed by atoms with Gasteiger partial charge in [0, 0.05) is 12.1 Å². The van der Waals surface area contributed by atoms with Crippen molar-refractivity contribution in [3.8, 4) is 5.75 Å². The molecule has 0 fully saturated rings. The van der Waals surface area contributed by atoms with E-state index in [-0.39, 0.29) is 22.3 Å². The number of benzene rings is 3. The molecule has 3 aromatic carbocycles. The number of aliphatic imine (C=N–C) groups is 1. The van der Waals surface area contributed by atoms with Crippen molar-refractivity contribution in [1.82, 2.24) is 0 Å². The Bertz CT molecular complexity index is 1350. The molecule has 0 saturated heterocycles. The summed E-state index contributed by atoms with van der Waals surface area (Å²) in [4.78, 5) is 27.0. The zero-order valence-corrected chi connectivity index (χ0v) is 22.6. The standard InChI is InChI=1S/C24H15ClI2N2O5/c1-13-2-4-14(5-3-13)12-33-22-19(26)8-15(9-20(22)27)10-21-24(30)34-23(28-21)17-7-6-16(29(31)32)11-18(17)25/h2-11H,12H2,1H3/b21-10-. The molecule has 172 valence electrons. The van der Waals surface area contributed by atoms with Crippen molar-refractivity contribution in [2.75, 3.05) is 0 Å². The maximum Gasteiger partial charge on any atom is 0.363 e. The van der Waals surface area contributed by atoms with Crippen LogP contribution in [0.2, 0.25) is 5.02 Å². The highest BCUT2D eigenvalue weighted by atomic mass is 127. The van der Waals surface area contributed by atoms with Crippen molar-refractivity contribution >= 4 is 80.4 Å². The number of hydrogen-bond donors (Lipinski definition) is 0. The highest BCUT2D eigenvalue weighted by Gasteiger charge is 2.26. The number of rotatable bonds is 6. The van der Waals surface area contributed by atoms with Crippen molar-refractivity contribution in [2.24, 2.45) is 4.99 Å². The smallest absolute Gasteiger partial charge is 0.363 e. The van der Waals surface area contributed by atoms with E-state index in [0.29, 0.717) is 12.2 Å². The van der Waals surface area contributed by atoms with Crippen molar-refractivity contribution in [1.29, 1.82) is 0 Å². The van der Waals surface area contributed by atoms with Gasteiger partial charge < -0.3 is 9.47 Å². The predicted octanol–water partition coefficient (Wildman–Crippen LogP) is 6.69. The van der Waals surface area contributed by atoms with E-state index in [1.54, 1.807) is 6.08 Å². The molecule has 10 heteroatoms. The molecule has 3 aromatic rings. The van der Waals surface area contributed by atoms with Gasteiger partial charge in [-0.2, -0.15) is 0 Å². The first-order valence-corrected chi connectivity index (χ1v) is 12.4. The van der Waals surface area contributed by atoms with Crippen LogP contribution in [0.4, 0.5) is 5.69 Å². The first-order valence-electron chi connectivity index (χ1n) is 9.85. The molecule has 0 N–H and O–H groups in total. The van der Waals surface area contributed by atoms with E-state index in [2.05, 4.69) is 50.2 Å². The zero-order chi connectivity index (χ0) is 24.4. The van der Waals surface area contributed by atoms with Crippen LogP contribution in [0.1, 0.15) is 22.3 Å². The molecule has 0 aliphatic carbocycles. The average Bonchev–Trinajstić information content (AvgIpc) is 3.14. The Kier molecular flexibility index (Phi) is 7.53. The summed E-state index contributed by atoms with van der Waals surface area (Å²) in [6, 6.07) is 15.8. The molecule has 0 atom stereocenters. The first-order chi connectivity index (χ1) is 16.2. The largest absolute Gasteiger partial charge is 0.487 e. The van der Waals surface area contributed by atoms with Gasteiger partial charge in [-0.1, -0.05) is 41.4 Å². The van der Waals surface area contributed by atoms with Gasteiger partial charge in [0.1, 0.15) is 12.4 Å². The van der Waals surface area contributed by atoms with Crippen LogP contribution in [0.15, 0.2) is 65.3 Å². The number of nitro benzene ring substituents is 1. The van der Waals surface area contributed by atoms with Crippen molar-refractivity contribution < 1.29 is 19.2 Å². The molecule has 0 spiro atoms. The van der Waals surface area contributed by atoms with Gasteiger partial charge in [0.15, 0.2) is 5.70 Å². The summed E-state index contributed by atoms with van der Waals surface area (Å²) in [6.45, 7) is 2.49. The number of carbonyl (C=O) groups is 1. The number of cyclic esters (lactones) is 1. The van der Waals surface area contributed by atoms with E-state index in [1.165, 1.54) is 23.8 Å². The molecule has 1 aliphatic heterocycles. The Labute approximate surface area is 227 Å². The van der Waals surface area contributed by atoms with Gasteiger partial charge >= 0.3 is 5.97 Å². The zero-order valence-electron chi connectivity index (χ0n) is 17.6. The fourth-order valence-electron chi connectivity index (χ4n) is 3.11. The summed E-state index contributed by atoms with van der Waals surface area (Å²) < 4.78 is 13.1. The van der Waals surface area contributed by atoms with E-state index in [4.69, 9.17) is 21.1 Å². The molecule has 1 heterocycles.